The zero-order valence-electron chi connectivity index (χ0n) is 17.1. The predicted octanol–water partition coefficient (Wildman–Crippen LogP) is 2.28. The quantitative estimate of drug-likeness (QED) is 0.858. The predicted molar refractivity (Wildman–Crippen MR) is 114 cm³/mol. The molecule has 0 unspecified atom stereocenters. The maximum absolute atomic E-state index is 12.6. The standard InChI is InChI=1S/C21H28N6O2/c1-16-5-3-4-6-18(16)24-21(28)27-9-7-25(8-10-27)19-15-20(23-17(2)22-19)26-11-13-29-14-12-26/h3-6,15H,7-14H2,1-2H3,(H,24,28). The Balaban J connectivity index is 1.38. The van der Waals surface area contributed by atoms with Crippen molar-refractivity contribution >= 4 is 23.4 Å². The fourth-order valence-electron chi connectivity index (χ4n) is 3.70. The van der Waals surface area contributed by atoms with Crippen LogP contribution in [-0.4, -0.2) is 73.4 Å². The number of ether oxygens (including phenoxy) is 1. The van der Waals surface area contributed by atoms with Crippen LogP contribution in [0, 0.1) is 13.8 Å². The van der Waals surface area contributed by atoms with Crippen LogP contribution >= 0.6 is 0 Å². The van der Waals surface area contributed by atoms with Crippen molar-refractivity contribution in [1.82, 2.24) is 14.9 Å². The lowest BCUT2D eigenvalue weighted by molar-refractivity contribution is 0.122. The lowest BCUT2D eigenvalue weighted by Crippen LogP contribution is -2.50. The molecule has 1 aromatic carbocycles. The number of benzene rings is 1. The molecule has 2 fully saturated rings. The molecule has 2 amide bonds. The van der Waals surface area contributed by atoms with E-state index in [2.05, 4.69) is 31.2 Å². The van der Waals surface area contributed by atoms with Crippen LogP contribution in [0.2, 0.25) is 0 Å². The summed E-state index contributed by atoms with van der Waals surface area (Å²) in [4.78, 5) is 28.2. The molecule has 29 heavy (non-hydrogen) atoms. The molecule has 2 aromatic rings. The fourth-order valence-corrected chi connectivity index (χ4v) is 3.70. The van der Waals surface area contributed by atoms with E-state index in [-0.39, 0.29) is 6.03 Å². The molecule has 0 radical (unpaired) electrons. The van der Waals surface area contributed by atoms with Gasteiger partial charge in [-0.1, -0.05) is 18.2 Å². The Labute approximate surface area is 171 Å². The van der Waals surface area contributed by atoms with Crippen LogP contribution in [0.4, 0.5) is 22.1 Å². The zero-order chi connectivity index (χ0) is 20.2. The second kappa shape index (κ2) is 8.65. The van der Waals surface area contributed by atoms with Gasteiger partial charge in [-0.15, -0.1) is 0 Å². The van der Waals surface area contributed by atoms with Crippen LogP contribution in [0.15, 0.2) is 30.3 Å². The van der Waals surface area contributed by atoms with E-state index in [0.717, 1.165) is 68.1 Å². The summed E-state index contributed by atoms with van der Waals surface area (Å²) in [7, 11) is 0. The first-order valence-electron chi connectivity index (χ1n) is 10.1. The second-order valence-corrected chi connectivity index (χ2v) is 7.45. The largest absolute Gasteiger partial charge is 0.378 e. The number of rotatable bonds is 3. The zero-order valence-corrected chi connectivity index (χ0v) is 17.1. The maximum atomic E-state index is 12.6. The van der Waals surface area contributed by atoms with Crippen molar-refractivity contribution in [3.05, 3.63) is 41.7 Å². The molecular weight excluding hydrogens is 368 g/mol. The number of piperazine rings is 1. The molecule has 0 saturated carbocycles. The number of nitrogens with zero attached hydrogens (tertiary/aromatic N) is 5. The summed E-state index contributed by atoms with van der Waals surface area (Å²) >= 11 is 0. The van der Waals surface area contributed by atoms with E-state index >= 15 is 0 Å². The minimum atomic E-state index is -0.0492. The third kappa shape index (κ3) is 4.59. The number of hydrogen-bond donors (Lipinski definition) is 1. The summed E-state index contributed by atoms with van der Waals surface area (Å²) in [5.74, 6) is 2.65. The first-order chi connectivity index (χ1) is 14.1. The Morgan fingerprint density at radius 1 is 0.931 bits per heavy atom. The van der Waals surface area contributed by atoms with E-state index < -0.39 is 0 Å². The monoisotopic (exact) mass is 396 g/mol. The summed E-state index contributed by atoms with van der Waals surface area (Å²) < 4.78 is 5.44. The number of nitrogens with one attached hydrogen (secondary N) is 1. The van der Waals surface area contributed by atoms with Crippen molar-refractivity contribution in [2.45, 2.75) is 13.8 Å². The second-order valence-electron chi connectivity index (χ2n) is 7.45. The average Bonchev–Trinajstić information content (AvgIpc) is 2.75. The minimum absolute atomic E-state index is 0.0492. The topological polar surface area (TPSA) is 73.8 Å². The Hall–Kier alpha value is -2.87. The summed E-state index contributed by atoms with van der Waals surface area (Å²) in [6.07, 6.45) is 0. The molecule has 154 valence electrons. The van der Waals surface area contributed by atoms with Crippen molar-refractivity contribution < 1.29 is 9.53 Å². The van der Waals surface area contributed by atoms with Crippen molar-refractivity contribution in [1.29, 1.82) is 0 Å². The number of carbonyl (C=O) groups excluding carboxylic acids is 1. The van der Waals surface area contributed by atoms with Crippen LogP contribution in [0.3, 0.4) is 0 Å². The molecule has 8 heteroatoms. The number of anilines is 3. The van der Waals surface area contributed by atoms with Crippen molar-refractivity contribution in [2.75, 3.05) is 67.6 Å². The lowest BCUT2D eigenvalue weighted by atomic mass is 10.2. The molecule has 3 heterocycles. The van der Waals surface area contributed by atoms with Gasteiger partial charge >= 0.3 is 6.03 Å². The van der Waals surface area contributed by atoms with Crippen LogP contribution in [0.25, 0.3) is 0 Å². The van der Waals surface area contributed by atoms with Gasteiger partial charge in [-0.2, -0.15) is 0 Å². The lowest BCUT2D eigenvalue weighted by Gasteiger charge is -2.36. The number of aryl methyl sites for hydroxylation is 2. The Bertz CT molecular complexity index is 860. The van der Waals surface area contributed by atoms with E-state index in [9.17, 15) is 4.79 Å². The minimum Gasteiger partial charge on any atom is -0.378 e. The number of aromatic nitrogens is 2. The molecular formula is C21H28N6O2. The Morgan fingerprint density at radius 3 is 2.21 bits per heavy atom. The highest BCUT2D eigenvalue weighted by molar-refractivity contribution is 5.90. The smallest absolute Gasteiger partial charge is 0.321 e. The SMILES string of the molecule is Cc1nc(N2CCOCC2)cc(N2CCN(C(=O)Nc3ccccc3C)CC2)n1. The highest BCUT2D eigenvalue weighted by atomic mass is 16.5. The van der Waals surface area contributed by atoms with Crippen LogP contribution in [0.1, 0.15) is 11.4 Å². The molecule has 4 rings (SSSR count). The molecule has 0 atom stereocenters. The summed E-state index contributed by atoms with van der Waals surface area (Å²) in [6, 6.07) is 9.84. The Kier molecular flexibility index (Phi) is 5.80. The number of urea groups is 1. The molecule has 2 aliphatic heterocycles. The highest BCUT2D eigenvalue weighted by Crippen LogP contribution is 2.22. The number of carbonyl (C=O) groups is 1. The molecule has 2 saturated heterocycles. The van der Waals surface area contributed by atoms with Crippen molar-refractivity contribution in [3.8, 4) is 0 Å². The van der Waals surface area contributed by atoms with Gasteiger partial charge < -0.3 is 24.8 Å². The molecule has 0 aliphatic carbocycles. The fraction of sp³-hybridized carbons (Fsp3) is 0.476. The van der Waals surface area contributed by atoms with Crippen molar-refractivity contribution in [2.24, 2.45) is 0 Å². The number of amides is 2. The van der Waals surface area contributed by atoms with Gasteiger partial charge in [-0.25, -0.2) is 14.8 Å². The van der Waals surface area contributed by atoms with Gasteiger partial charge in [-0.05, 0) is 25.5 Å². The van der Waals surface area contributed by atoms with Gasteiger partial charge in [0.1, 0.15) is 17.5 Å². The van der Waals surface area contributed by atoms with Gasteiger partial charge in [0, 0.05) is 51.0 Å². The molecule has 0 spiro atoms. The van der Waals surface area contributed by atoms with Gasteiger partial charge in [-0.3, -0.25) is 0 Å². The van der Waals surface area contributed by atoms with E-state index in [1.807, 2.05) is 43.0 Å². The molecule has 1 aromatic heterocycles. The van der Waals surface area contributed by atoms with E-state index in [1.54, 1.807) is 0 Å². The van der Waals surface area contributed by atoms with Gasteiger partial charge in [0.25, 0.3) is 0 Å². The average molecular weight is 396 g/mol. The summed E-state index contributed by atoms with van der Waals surface area (Å²) in [6.45, 7) is 9.91. The number of morpholine rings is 1. The molecule has 1 N–H and O–H groups in total. The number of hydrogen-bond acceptors (Lipinski definition) is 6. The first-order valence-corrected chi connectivity index (χ1v) is 10.1. The van der Waals surface area contributed by atoms with Gasteiger partial charge in [0.15, 0.2) is 0 Å². The molecule has 2 aliphatic rings. The first kappa shape index (κ1) is 19.4. The van der Waals surface area contributed by atoms with Crippen molar-refractivity contribution in [3.63, 3.8) is 0 Å². The van der Waals surface area contributed by atoms with E-state index in [1.165, 1.54) is 0 Å². The molecule has 8 nitrogen and oxygen atoms in total. The van der Waals surface area contributed by atoms with Gasteiger partial charge in [0.2, 0.25) is 0 Å². The highest BCUT2D eigenvalue weighted by Gasteiger charge is 2.23. The van der Waals surface area contributed by atoms with Crippen LogP contribution < -0.4 is 15.1 Å². The van der Waals surface area contributed by atoms with E-state index in [4.69, 9.17) is 4.74 Å². The third-order valence-electron chi connectivity index (χ3n) is 5.42. The maximum Gasteiger partial charge on any atom is 0.321 e. The normalized spacial score (nSPS) is 17.4. The third-order valence-corrected chi connectivity index (χ3v) is 5.42. The van der Waals surface area contributed by atoms with Crippen LogP contribution in [0.5, 0.6) is 0 Å². The van der Waals surface area contributed by atoms with Crippen LogP contribution in [-0.2, 0) is 4.74 Å². The summed E-state index contributed by atoms with van der Waals surface area (Å²) in [5.41, 5.74) is 1.92. The number of para-hydroxylation sites is 1. The molecule has 0 bridgehead atoms. The Morgan fingerprint density at radius 2 is 1.55 bits per heavy atom. The summed E-state index contributed by atoms with van der Waals surface area (Å²) in [5, 5.41) is 3.02. The van der Waals surface area contributed by atoms with E-state index in [0.29, 0.717) is 13.1 Å². The van der Waals surface area contributed by atoms with Gasteiger partial charge in [0.05, 0.1) is 13.2 Å².